The summed E-state index contributed by atoms with van der Waals surface area (Å²) >= 11 is 1.78. The van der Waals surface area contributed by atoms with Gasteiger partial charge in [-0.15, -0.1) is 11.3 Å². The van der Waals surface area contributed by atoms with Crippen molar-refractivity contribution in [3.05, 3.63) is 29.3 Å². The number of nitrogens with one attached hydrogen (secondary N) is 1. The van der Waals surface area contributed by atoms with E-state index in [9.17, 15) is 0 Å². The molecule has 6 heteroatoms. The quantitative estimate of drug-likeness (QED) is 0.916. The Bertz CT molecular complexity index is 559. The predicted octanol–water partition coefficient (Wildman–Crippen LogP) is 2.11. The summed E-state index contributed by atoms with van der Waals surface area (Å²) in [4.78, 5) is 12.6. The van der Waals surface area contributed by atoms with E-state index in [1.807, 2.05) is 12.4 Å². The first kappa shape index (κ1) is 13.6. The summed E-state index contributed by atoms with van der Waals surface area (Å²) in [6, 6.07) is 0. The van der Waals surface area contributed by atoms with Gasteiger partial charge in [0.1, 0.15) is 5.82 Å². The molecule has 108 valence electrons. The normalized spacial score (nSPS) is 14.8. The fourth-order valence-electron chi connectivity index (χ4n) is 2.35. The van der Waals surface area contributed by atoms with Crippen molar-refractivity contribution >= 4 is 16.5 Å². The zero-order valence-electron chi connectivity index (χ0n) is 12.0. The van der Waals surface area contributed by atoms with Crippen molar-refractivity contribution in [1.29, 1.82) is 0 Å². The Morgan fingerprint density at radius 3 is 3.10 bits per heavy atom. The minimum atomic E-state index is 0.684. The van der Waals surface area contributed by atoms with Crippen LogP contribution in [0, 0.1) is 5.92 Å². The maximum absolute atomic E-state index is 4.56. The van der Waals surface area contributed by atoms with Crippen molar-refractivity contribution in [2.24, 2.45) is 5.92 Å². The van der Waals surface area contributed by atoms with Gasteiger partial charge in [0, 0.05) is 43.1 Å². The topological polar surface area (TPSA) is 46.0 Å². The molecular formula is C14H21N5S. The van der Waals surface area contributed by atoms with E-state index in [1.54, 1.807) is 11.3 Å². The molecular weight excluding hydrogens is 270 g/mol. The van der Waals surface area contributed by atoms with Gasteiger partial charge in [0.15, 0.2) is 5.13 Å². The Balaban J connectivity index is 1.60. The first-order valence-corrected chi connectivity index (χ1v) is 7.94. The molecule has 20 heavy (non-hydrogen) atoms. The van der Waals surface area contributed by atoms with Gasteiger partial charge in [-0.25, -0.2) is 9.97 Å². The maximum atomic E-state index is 4.56. The molecule has 3 rings (SSSR count). The highest BCUT2D eigenvalue weighted by molar-refractivity contribution is 7.15. The zero-order valence-corrected chi connectivity index (χ0v) is 12.9. The number of imidazole rings is 1. The molecule has 0 unspecified atom stereocenters. The van der Waals surface area contributed by atoms with Crippen molar-refractivity contribution in [3.8, 4) is 0 Å². The van der Waals surface area contributed by atoms with Crippen LogP contribution in [-0.4, -0.2) is 27.6 Å². The summed E-state index contributed by atoms with van der Waals surface area (Å²) in [6.45, 7) is 9.28. The van der Waals surface area contributed by atoms with Crippen LogP contribution in [0.4, 0.5) is 5.13 Å². The number of hydrogen-bond donors (Lipinski definition) is 1. The van der Waals surface area contributed by atoms with Crippen molar-refractivity contribution in [2.45, 2.75) is 33.5 Å². The molecule has 0 saturated carbocycles. The molecule has 2 aromatic rings. The number of rotatable bonds is 5. The second kappa shape index (κ2) is 5.93. The van der Waals surface area contributed by atoms with E-state index in [1.165, 1.54) is 4.88 Å². The summed E-state index contributed by atoms with van der Waals surface area (Å²) in [6.07, 6.45) is 5.92. The van der Waals surface area contributed by atoms with Crippen molar-refractivity contribution < 1.29 is 0 Å². The van der Waals surface area contributed by atoms with Gasteiger partial charge in [-0.2, -0.15) is 0 Å². The van der Waals surface area contributed by atoms with Gasteiger partial charge in [0.25, 0.3) is 0 Å². The highest BCUT2D eigenvalue weighted by Gasteiger charge is 2.19. The Kier molecular flexibility index (Phi) is 4.03. The SMILES string of the molecule is CC(C)CNCc1cnc(N2CCn3ccnc3C2)s1. The van der Waals surface area contributed by atoms with Crippen molar-refractivity contribution in [3.63, 3.8) is 0 Å². The van der Waals surface area contributed by atoms with E-state index in [2.05, 4.69) is 44.8 Å². The average molecular weight is 291 g/mol. The molecule has 2 aromatic heterocycles. The van der Waals surface area contributed by atoms with Crippen LogP contribution in [0.25, 0.3) is 0 Å². The third-order valence-corrected chi connectivity index (χ3v) is 4.47. The molecule has 0 radical (unpaired) electrons. The van der Waals surface area contributed by atoms with Gasteiger partial charge in [-0.1, -0.05) is 13.8 Å². The van der Waals surface area contributed by atoms with E-state index in [0.717, 1.165) is 43.7 Å². The molecule has 0 bridgehead atoms. The van der Waals surface area contributed by atoms with Gasteiger partial charge in [-0.05, 0) is 12.5 Å². The fraction of sp³-hybridized carbons (Fsp3) is 0.571. The first-order valence-electron chi connectivity index (χ1n) is 7.13. The van der Waals surface area contributed by atoms with E-state index >= 15 is 0 Å². The minimum Gasteiger partial charge on any atom is -0.339 e. The lowest BCUT2D eigenvalue weighted by molar-refractivity contribution is 0.554. The highest BCUT2D eigenvalue weighted by Crippen LogP contribution is 2.25. The highest BCUT2D eigenvalue weighted by atomic mass is 32.1. The Hall–Kier alpha value is -1.40. The molecule has 0 fully saturated rings. The number of anilines is 1. The Morgan fingerprint density at radius 2 is 2.25 bits per heavy atom. The van der Waals surface area contributed by atoms with Crippen molar-refractivity contribution in [2.75, 3.05) is 18.0 Å². The van der Waals surface area contributed by atoms with E-state index in [4.69, 9.17) is 0 Å². The molecule has 1 aliphatic heterocycles. The molecule has 1 aliphatic rings. The van der Waals surface area contributed by atoms with Gasteiger partial charge in [0.2, 0.25) is 0 Å². The van der Waals surface area contributed by atoms with Crippen molar-refractivity contribution in [1.82, 2.24) is 19.9 Å². The second-order valence-electron chi connectivity index (χ2n) is 5.59. The zero-order chi connectivity index (χ0) is 13.9. The number of aromatic nitrogens is 3. The van der Waals surface area contributed by atoms with E-state index in [-0.39, 0.29) is 0 Å². The van der Waals surface area contributed by atoms with Gasteiger partial charge in [-0.3, -0.25) is 0 Å². The molecule has 1 N–H and O–H groups in total. The Morgan fingerprint density at radius 1 is 1.35 bits per heavy atom. The van der Waals surface area contributed by atoms with Crippen LogP contribution in [0.3, 0.4) is 0 Å². The number of fused-ring (bicyclic) bond motifs is 1. The van der Waals surface area contributed by atoms with Crippen LogP contribution in [0.5, 0.6) is 0 Å². The first-order chi connectivity index (χ1) is 9.72. The molecule has 0 saturated heterocycles. The average Bonchev–Trinajstić information content (AvgIpc) is 3.05. The number of hydrogen-bond acceptors (Lipinski definition) is 5. The minimum absolute atomic E-state index is 0.684. The lowest BCUT2D eigenvalue weighted by atomic mass is 10.2. The Labute approximate surface area is 123 Å². The molecule has 3 heterocycles. The summed E-state index contributed by atoms with van der Waals surface area (Å²) in [5.41, 5.74) is 0. The third kappa shape index (κ3) is 3.02. The molecule has 5 nitrogen and oxygen atoms in total. The standard InChI is InChI=1S/C14H21N5S/c1-11(2)7-15-8-12-9-17-14(20-12)19-6-5-18-4-3-16-13(18)10-19/h3-4,9,11,15H,5-8,10H2,1-2H3. The van der Waals surface area contributed by atoms with Gasteiger partial charge >= 0.3 is 0 Å². The smallest absolute Gasteiger partial charge is 0.186 e. The van der Waals surface area contributed by atoms with E-state index < -0.39 is 0 Å². The molecule has 0 spiro atoms. The van der Waals surface area contributed by atoms with Gasteiger partial charge in [0.05, 0.1) is 6.54 Å². The summed E-state index contributed by atoms with van der Waals surface area (Å²) in [7, 11) is 0. The van der Waals surface area contributed by atoms with Crippen LogP contribution in [0.15, 0.2) is 18.6 Å². The maximum Gasteiger partial charge on any atom is 0.186 e. The summed E-state index contributed by atoms with van der Waals surface area (Å²) < 4.78 is 2.22. The molecule has 0 amide bonds. The van der Waals surface area contributed by atoms with Crippen LogP contribution < -0.4 is 10.2 Å². The largest absolute Gasteiger partial charge is 0.339 e. The lowest BCUT2D eigenvalue weighted by Gasteiger charge is -2.27. The molecule has 0 aromatic carbocycles. The van der Waals surface area contributed by atoms with E-state index in [0.29, 0.717) is 5.92 Å². The molecule has 0 atom stereocenters. The monoisotopic (exact) mass is 291 g/mol. The fourth-order valence-corrected chi connectivity index (χ4v) is 3.25. The summed E-state index contributed by atoms with van der Waals surface area (Å²) in [5, 5.41) is 4.58. The molecule has 0 aliphatic carbocycles. The van der Waals surface area contributed by atoms with Gasteiger partial charge < -0.3 is 14.8 Å². The second-order valence-corrected chi connectivity index (χ2v) is 6.69. The lowest BCUT2D eigenvalue weighted by Crippen LogP contribution is -2.33. The van der Waals surface area contributed by atoms with Crippen LogP contribution in [0.2, 0.25) is 0 Å². The number of thiazole rings is 1. The summed E-state index contributed by atoms with van der Waals surface area (Å²) in [5.74, 6) is 1.81. The number of nitrogens with zero attached hydrogens (tertiary/aromatic N) is 4. The van der Waals surface area contributed by atoms with Crippen LogP contribution in [0.1, 0.15) is 24.5 Å². The van der Waals surface area contributed by atoms with Crippen LogP contribution >= 0.6 is 11.3 Å². The third-order valence-electron chi connectivity index (χ3n) is 3.41. The predicted molar refractivity (Wildman–Crippen MR) is 81.9 cm³/mol. The van der Waals surface area contributed by atoms with Crippen LogP contribution in [-0.2, 0) is 19.6 Å².